The summed E-state index contributed by atoms with van der Waals surface area (Å²) in [6.07, 6.45) is -5.37. The zero-order chi connectivity index (χ0) is 26.3. The van der Waals surface area contributed by atoms with Gasteiger partial charge in [-0.15, -0.1) is 24.5 Å². The first-order chi connectivity index (χ1) is 18.3. The fourth-order valence-electron chi connectivity index (χ4n) is 5.36. The molecule has 0 N–H and O–H groups in total. The first kappa shape index (κ1) is 24.8. The Balaban J connectivity index is 1.09. The zero-order valence-electron chi connectivity index (χ0n) is 20.1. The number of hydrogen-bond donors (Lipinski definition) is 0. The highest BCUT2D eigenvalue weighted by Gasteiger charge is 2.56. The van der Waals surface area contributed by atoms with Crippen LogP contribution >= 0.6 is 11.3 Å². The maximum Gasteiger partial charge on any atom is 0.573 e. The number of hydrogen-bond acceptors (Lipinski definition) is 8. The largest absolute Gasteiger partial charge is 0.573 e. The van der Waals surface area contributed by atoms with Gasteiger partial charge in [-0.05, 0) is 53.1 Å². The average Bonchev–Trinajstić information content (AvgIpc) is 3.37. The van der Waals surface area contributed by atoms with Crippen molar-refractivity contribution in [2.75, 3.05) is 26.4 Å². The molecule has 0 radical (unpaired) electrons. The van der Waals surface area contributed by atoms with Crippen LogP contribution < -0.4 is 18.9 Å². The van der Waals surface area contributed by atoms with E-state index in [4.69, 9.17) is 14.2 Å². The summed E-state index contributed by atoms with van der Waals surface area (Å²) in [5.74, 6) is 2.58. The molecule has 0 bridgehead atoms. The van der Waals surface area contributed by atoms with Gasteiger partial charge in [0.2, 0.25) is 12.7 Å². The number of nitrogens with zero attached hydrogens (tertiary/aromatic N) is 3. The third-order valence-corrected chi connectivity index (χ3v) is 7.65. The highest BCUT2D eigenvalue weighted by Crippen LogP contribution is 2.52. The van der Waals surface area contributed by atoms with E-state index in [1.165, 1.54) is 34.4 Å². The van der Waals surface area contributed by atoms with Gasteiger partial charge in [0.05, 0.1) is 10.9 Å². The minimum atomic E-state index is -4.79. The Hall–Kier alpha value is -3.51. The van der Waals surface area contributed by atoms with Crippen molar-refractivity contribution in [2.24, 2.45) is 17.8 Å². The number of amides is 1. The van der Waals surface area contributed by atoms with E-state index in [0.717, 1.165) is 36.7 Å². The zero-order valence-corrected chi connectivity index (χ0v) is 20.9. The number of alkyl halides is 3. The summed E-state index contributed by atoms with van der Waals surface area (Å²) in [5, 5.41) is 1.62. The highest BCUT2D eigenvalue weighted by molar-refractivity contribution is 7.07. The lowest BCUT2D eigenvalue weighted by Crippen LogP contribution is -2.36. The number of ether oxygens (including phenoxy) is 4. The maximum absolute atomic E-state index is 13.0. The van der Waals surface area contributed by atoms with Gasteiger partial charge in [-0.3, -0.25) is 4.90 Å². The van der Waals surface area contributed by atoms with E-state index in [-0.39, 0.29) is 25.0 Å². The quantitative estimate of drug-likeness (QED) is 0.386. The number of aromatic nitrogens is 1. The summed E-state index contributed by atoms with van der Waals surface area (Å²) >= 11 is 1.30. The summed E-state index contributed by atoms with van der Waals surface area (Å²) < 4.78 is 58.4. The van der Waals surface area contributed by atoms with Crippen LogP contribution in [0.5, 0.6) is 23.1 Å². The molecule has 1 aliphatic carbocycles. The molecule has 1 amide bonds. The number of thiazole rings is 1. The van der Waals surface area contributed by atoms with Crippen molar-refractivity contribution < 1.29 is 36.9 Å². The molecule has 12 heteroatoms. The molecule has 3 heterocycles. The van der Waals surface area contributed by atoms with Crippen LogP contribution in [0.2, 0.25) is 0 Å². The molecule has 2 atom stereocenters. The smallest absolute Gasteiger partial charge is 0.454 e. The van der Waals surface area contributed by atoms with Crippen molar-refractivity contribution in [2.45, 2.75) is 19.5 Å². The van der Waals surface area contributed by atoms with Gasteiger partial charge in [0.1, 0.15) is 5.75 Å². The fourth-order valence-corrected chi connectivity index (χ4v) is 5.81. The summed E-state index contributed by atoms with van der Waals surface area (Å²) in [4.78, 5) is 21.0. The molecule has 3 aliphatic rings. The van der Waals surface area contributed by atoms with Crippen LogP contribution in [0.25, 0.3) is 0 Å². The van der Waals surface area contributed by atoms with Gasteiger partial charge in [-0.1, -0.05) is 18.2 Å². The summed E-state index contributed by atoms with van der Waals surface area (Å²) in [6, 6.07) is 11.6. The lowest BCUT2D eigenvalue weighted by molar-refractivity contribution is -0.274. The van der Waals surface area contributed by atoms with Crippen LogP contribution in [-0.2, 0) is 13.1 Å². The first-order valence-corrected chi connectivity index (χ1v) is 13.1. The van der Waals surface area contributed by atoms with Gasteiger partial charge in [-0.25, -0.2) is 9.78 Å². The lowest BCUT2D eigenvalue weighted by Gasteiger charge is -2.25. The predicted octanol–water partition coefficient (Wildman–Crippen LogP) is 5.15. The van der Waals surface area contributed by atoms with E-state index >= 15 is 0 Å². The van der Waals surface area contributed by atoms with Crippen LogP contribution in [-0.4, -0.2) is 53.7 Å². The molecule has 200 valence electrons. The predicted molar refractivity (Wildman–Crippen MR) is 130 cm³/mol. The van der Waals surface area contributed by atoms with Gasteiger partial charge >= 0.3 is 12.5 Å². The molecular weight excluding hydrogens is 523 g/mol. The van der Waals surface area contributed by atoms with Crippen LogP contribution in [0.4, 0.5) is 18.0 Å². The minimum Gasteiger partial charge on any atom is -0.454 e. The molecule has 3 aromatic rings. The molecule has 8 nitrogen and oxygen atoms in total. The molecule has 1 saturated heterocycles. The maximum atomic E-state index is 13.0. The number of piperidine rings is 1. The van der Waals surface area contributed by atoms with Crippen molar-refractivity contribution in [1.82, 2.24) is 14.8 Å². The van der Waals surface area contributed by atoms with E-state index in [2.05, 4.69) is 14.6 Å². The van der Waals surface area contributed by atoms with Crippen molar-refractivity contribution >= 4 is 17.4 Å². The van der Waals surface area contributed by atoms with Gasteiger partial charge < -0.3 is 23.8 Å². The Morgan fingerprint density at radius 3 is 2.68 bits per heavy atom. The van der Waals surface area contributed by atoms with Gasteiger partial charge in [-0.2, -0.15) is 0 Å². The first-order valence-electron chi connectivity index (χ1n) is 12.1. The topological polar surface area (TPSA) is 73.4 Å². The van der Waals surface area contributed by atoms with E-state index in [1.54, 1.807) is 17.0 Å². The highest BCUT2D eigenvalue weighted by atomic mass is 32.1. The Labute approximate surface area is 220 Å². The van der Waals surface area contributed by atoms with E-state index < -0.39 is 12.5 Å². The second kappa shape index (κ2) is 9.99. The van der Waals surface area contributed by atoms with Gasteiger partial charge in [0, 0.05) is 32.7 Å². The Bertz CT molecular complexity index is 1290. The SMILES string of the molecule is O=C(Oc1cscn1)N(Cc1cccc(OC(F)(F)F)c1)CC1C2CN(Cc3ccc4c(c3)OCO4)CC21. The van der Waals surface area contributed by atoms with Crippen LogP contribution in [0, 0.1) is 17.8 Å². The molecule has 2 fully saturated rings. The van der Waals surface area contributed by atoms with Crippen LogP contribution in [0.15, 0.2) is 53.4 Å². The van der Waals surface area contributed by atoms with Crippen molar-refractivity contribution in [3.8, 4) is 23.1 Å². The Morgan fingerprint density at radius 1 is 1.11 bits per heavy atom. The molecular formula is C26H24F3N3O5S. The van der Waals surface area contributed by atoms with Crippen molar-refractivity contribution in [3.63, 3.8) is 0 Å². The molecule has 1 aromatic heterocycles. The Morgan fingerprint density at radius 2 is 1.92 bits per heavy atom. The van der Waals surface area contributed by atoms with Crippen LogP contribution in [0.3, 0.4) is 0 Å². The lowest BCUT2D eigenvalue weighted by atomic mass is 10.1. The number of carbonyl (C=O) groups is 1. The molecule has 0 spiro atoms. The van der Waals surface area contributed by atoms with Gasteiger partial charge in [0.25, 0.3) is 0 Å². The number of halogens is 3. The number of rotatable bonds is 8. The van der Waals surface area contributed by atoms with Gasteiger partial charge in [0.15, 0.2) is 11.5 Å². The Kier molecular flexibility index (Phi) is 6.52. The molecule has 2 aliphatic heterocycles. The van der Waals surface area contributed by atoms with Crippen molar-refractivity contribution in [1.29, 1.82) is 0 Å². The third-order valence-electron chi connectivity index (χ3n) is 7.09. The van der Waals surface area contributed by atoms with Crippen LogP contribution in [0.1, 0.15) is 11.1 Å². The van der Waals surface area contributed by atoms with E-state index in [1.807, 2.05) is 18.2 Å². The second-order valence-electron chi connectivity index (χ2n) is 9.64. The third kappa shape index (κ3) is 5.65. The summed E-state index contributed by atoms with van der Waals surface area (Å²) in [7, 11) is 0. The monoisotopic (exact) mass is 547 g/mol. The summed E-state index contributed by atoms with van der Waals surface area (Å²) in [6.45, 7) is 3.41. The number of fused-ring (bicyclic) bond motifs is 2. The average molecular weight is 548 g/mol. The van der Waals surface area contributed by atoms with E-state index in [0.29, 0.717) is 29.9 Å². The molecule has 6 rings (SSSR count). The summed E-state index contributed by atoms with van der Waals surface area (Å²) in [5.41, 5.74) is 3.23. The second-order valence-corrected chi connectivity index (χ2v) is 10.4. The normalized spacial score (nSPS) is 21.7. The molecule has 2 aromatic carbocycles. The molecule has 1 saturated carbocycles. The molecule has 2 unspecified atom stereocenters. The number of likely N-dealkylation sites (tertiary alicyclic amines) is 1. The minimum absolute atomic E-state index is 0.0921. The molecule has 38 heavy (non-hydrogen) atoms. The van der Waals surface area contributed by atoms with E-state index in [9.17, 15) is 18.0 Å². The number of carbonyl (C=O) groups excluding carboxylic acids is 1. The van der Waals surface area contributed by atoms with Crippen molar-refractivity contribution in [3.05, 3.63) is 64.5 Å². The fraction of sp³-hybridized carbons (Fsp3) is 0.385. The number of benzene rings is 2. The standard InChI is InChI=1S/C26H24F3N3O5S/c27-26(28,29)37-18-3-1-2-16(6-18)9-32(25(33)36-24-13-38-14-30-24)12-21-19-10-31(11-20(19)21)8-17-4-5-22-23(7-17)35-15-34-22/h1-7,13-14,19-21H,8-12,15H2.